The van der Waals surface area contributed by atoms with E-state index in [2.05, 4.69) is 34.3 Å². The molecule has 1 aliphatic rings. The van der Waals surface area contributed by atoms with Crippen LogP contribution in [0, 0.1) is 20.8 Å². The Hall–Kier alpha value is -1.27. The minimum atomic E-state index is -0.134. The van der Waals surface area contributed by atoms with Crippen molar-refractivity contribution >= 4 is 11.3 Å². The van der Waals surface area contributed by atoms with E-state index in [-0.39, 0.29) is 5.54 Å². The van der Waals surface area contributed by atoms with E-state index in [1.807, 2.05) is 6.92 Å². The lowest BCUT2D eigenvalue weighted by Crippen LogP contribution is -2.40. The molecule has 0 aromatic carbocycles. The van der Waals surface area contributed by atoms with Gasteiger partial charge in [0.25, 0.3) is 0 Å². The number of thiazole rings is 1. The van der Waals surface area contributed by atoms with Crippen LogP contribution in [-0.2, 0) is 12.1 Å². The van der Waals surface area contributed by atoms with Gasteiger partial charge in [-0.15, -0.1) is 11.3 Å². The molecule has 0 atom stereocenters. The summed E-state index contributed by atoms with van der Waals surface area (Å²) in [6.07, 6.45) is 4.54. The Morgan fingerprint density at radius 3 is 2.50 bits per heavy atom. The average molecular weight is 292 g/mol. The maximum absolute atomic E-state index is 5.16. The van der Waals surface area contributed by atoms with Crippen LogP contribution in [0.1, 0.15) is 53.0 Å². The van der Waals surface area contributed by atoms with Crippen LogP contribution in [0.2, 0.25) is 0 Å². The molecule has 0 amide bonds. The smallest absolute Gasteiger partial charge is 0.223 e. The molecule has 6 heteroatoms. The second kappa shape index (κ2) is 5.26. The largest absolute Gasteiger partial charge is 0.340 e. The molecule has 1 aliphatic carbocycles. The monoisotopic (exact) mass is 292 g/mol. The minimum absolute atomic E-state index is 0.134. The third-order valence-electron chi connectivity index (χ3n) is 4.06. The van der Waals surface area contributed by atoms with E-state index >= 15 is 0 Å². The number of hydrogen-bond acceptors (Lipinski definition) is 6. The van der Waals surface area contributed by atoms with Crippen molar-refractivity contribution in [2.45, 2.75) is 58.5 Å². The normalized spacial score (nSPS) is 17.8. The zero-order valence-corrected chi connectivity index (χ0v) is 13.0. The van der Waals surface area contributed by atoms with Crippen molar-refractivity contribution in [3.63, 3.8) is 0 Å². The van der Waals surface area contributed by atoms with E-state index in [9.17, 15) is 0 Å². The van der Waals surface area contributed by atoms with E-state index in [4.69, 9.17) is 4.52 Å². The van der Waals surface area contributed by atoms with Crippen LogP contribution in [0.3, 0.4) is 0 Å². The van der Waals surface area contributed by atoms with Gasteiger partial charge in [-0.05, 0) is 26.7 Å². The van der Waals surface area contributed by atoms with E-state index in [1.165, 1.54) is 17.7 Å². The van der Waals surface area contributed by atoms with Crippen LogP contribution in [0.5, 0.6) is 0 Å². The van der Waals surface area contributed by atoms with Crippen LogP contribution < -0.4 is 5.32 Å². The second-order valence-electron chi connectivity index (χ2n) is 5.53. The molecule has 20 heavy (non-hydrogen) atoms. The van der Waals surface area contributed by atoms with Gasteiger partial charge in [-0.3, -0.25) is 5.32 Å². The Labute approximate surface area is 122 Å². The first-order valence-electron chi connectivity index (χ1n) is 7.08. The Kier molecular flexibility index (Phi) is 3.60. The van der Waals surface area contributed by atoms with Gasteiger partial charge in [0.05, 0.1) is 11.2 Å². The van der Waals surface area contributed by atoms with Crippen molar-refractivity contribution in [3.05, 3.63) is 27.3 Å². The first-order chi connectivity index (χ1) is 9.59. The Balaban J connectivity index is 1.78. The van der Waals surface area contributed by atoms with E-state index in [1.54, 1.807) is 11.3 Å². The molecule has 0 unspecified atom stereocenters. The summed E-state index contributed by atoms with van der Waals surface area (Å²) in [5, 5.41) is 8.91. The molecule has 1 fully saturated rings. The molecule has 2 heterocycles. The molecule has 0 aliphatic heterocycles. The SMILES string of the molecule is Cc1nc(C2(NCc3nc(C)c(C)s3)CCCC2)no1. The highest BCUT2D eigenvalue weighted by Gasteiger charge is 2.39. The fourth-order valence-electron chi connectivity index (χ4n) is 2.81. The molecule has 0 radical (unpaired) electrons. The molecule has 2 aromatic rings. The summed E-state index contributed by atoms with van der Waals surface area (Å²) in [5.41, 5.74) is 0.994. The highest BCUT2D eigenvalue weighted by Crippen LogP contribution is 2.37. The molecule has 1 N–H and O–H groups in total. The molecule has 0 bridgehead atoms. The summed E-state index contributed by atoms with van der Waals surface area (Å²) in [7, 11) is 0. The second-order valence-corrected chi connectivity index (χ2v) is 6.82. The summed E-state index contributed by atoms with van der Waals surface area (Å²) in [4.78, 5) is 10.3. The van der Waals surface area contributed by atoms with Crippen molar-refractivity contribution in [3.8, 4) is 0 Å². The van der Waals surface area contributed by atoms with Gasteiger partial charge in [0.2, 0.25) is 5.89 Å². The summed E-state index contributed by atoms with van der Waals surface area (Å²) in [6, 6.07) is 0. The van der Waals surface area contributed by atoms with Gasteiger partial charge in [0.15, 0.2) is 5.82 Å². The van der Waals surface area contributed by atoms with Gasteiger partial charge in [-0.2, -0.15) is 4.98 Å². The van der Waals surface area contributed by atoms with Crippen molar-refractivity contribution in [1.29, 1.82) is 0 Å². The van der Waals surface area contributed by atoms with Gasteiger partial charge in [-0.25, -0.2) is 4.98 Å². The topological polar surface area (TPSA) is 63.8 Å². The zero-order chi connectivity index (χ0) is 14.2. The number of aryl methyl sites for hydroxylation is 3. The maximum Gasteiger partial charge on any atom is 0.223 e. The molecule has 1 saturated carbocycles. The fraction of sp³-hybridized carbons (Fsp3) is 0.643. The molecule has 5 nitrogen and oxygen atoms in total. The van der Waals surface area contributed by atoms with Crippen molar-refractivity contribution in [1.82, 2.24) is 20.4 Å². The number of aromatic nitrogens is 3. The van der Waals surface area contributed by atoms with E-state index in [0.717, 1.165) is 35.9 Å². The number of nitrogens with zero attached hydrogens (tertiary/aromatic N) is 3. The Morgan fingerprint density at radius 2 is 1.95 bits per heavy atom. The van der Waals surface area contributed by atoms with Gasteiger partial charge in [0, 0.05) is 18.3 Å². The lowest BCUT2D eigenvalue weighted by atomic mass is 9.96. The summed E-state index contributed by atoms with van der Waals surface area (Å²) in [5.74, 6) is 1.44. The highest BCUT2D eigenvalue weighted by atomic mass is 32.1. The van der Waals surface area contributed by atoms with E-state index < -0.39 is 0 Å². The quantitative estimate of drug-likeness (QED) is 0.938. The molecular weight excluding hydrogens is 272 g/mol. The summed E-state index contributed by atoms with van der Waals surface area (Å²) >= 11 is 1.76. The number of rotatable bonds is 4. The summed E-state index contributed by atoms with van der Waals surface area (Å²) < 4.78 is 5.16. The Bertz CT molecular complexity index is 579. The molecule has 0 spiro atoms. The number of hydrogen-bond donors (Lipinski definition) is 1. The van der Waals surface area contributed by atoms with Crippen molar-refractivity contribution < 1.29 is 4.52 Å². The van der Waals surface area contributed by atoms with Crippen molar-refractivity contribution in [2.24, 2.45) is 0 Å². The minimum Gasteiger partial charge on any atom is -0.340 e. The molecular formula is C14H20N4OS. The lowest BCUT2D eigenvalue weighted by molar-refractivity contribution is 0.297. The standard InChI is InChI=1S/C14H20N4OS/c1-9-10(2)20-12(16-9)8-15-14(6-4-5-7-14)13-17-11(3)19-18-13/h15H,4-8H2,1-3H3. The van der Waals surface area contributed by atoms with E-state index in [0.29, 0.717) is 5.89 Å². The molecule has 2 aromatic heterocycles. The average Bonchev–Trinajstić information content (AvgIpc) is 3.10. The maximum atomic E-state index is 5.16. The van der Waals surface area contributed by atoms with Gasteiger partial charge < -0.3 is 4.52 Å². The van der Waals surface area contributed by atoms with Crippen LogP contribution in [0.15, 0.2) is 4.52 Å². The third-order valence-corrected chi connectivity index (χ3v) is 5.14. The summed E-state index contributed by atoms with van der Waals surface area (Å²) in [6.45, 7) is 6.78. The first kappa shape index (κ1) is 13.7. The fourth-order valence-corrected chi connectivity index (χ4v) is 3.68. The molecule has 108 valence electrons. The third kappa shape index (κ3) is 2.50. The predicted octanol–water partition coefficient (Wildman–Crippen LogP) is 3.01. The van der Waals surface area contributed by atoms with Gasteiger partial charge in [0.1, 0.15) is 5.01 Å². The lowest BCUT2D eigenvalue weighted by Gasteiger charge is -2.26. The van der Waals surface area contributed by atoms with Gasteiger partial charge in [-0.1, -0.05) is 18.0 Å². The first-order valence-corrected chi connectivity index (χ1v) is 7.89. The zero-order valence-electron chi connectivity index (χ0n) is 12.2. The number of nitrogens with one attached hydrogen (secondary N) is 1. The Morgan fingerprint density at radius 1 is 1.20 bits per heavy atom. The van der Waals surface area contributed by atoms with Crippen LogP contribution in [-0.4, -0.2) is 15.1 Å². The van der Waals surface area contributed by atoms with Crippen LogP contribution in [0.25, 0.3) is 0 Å². The van der Waals surface area contributed by atoms with Crippen LogP contribution >= 0.6 is 11.3 Å². The van der Waals surface area contributed by atoms with Crippen molar-refractivity contribution in [2.75, 3.05) is 0 Å². The molecule has 3 rings (SSSR count). The highest BCUT2D eigenvalue weighted by molar-refractivity contribution is 7.11. The van der Waals surface area contributed by atoms with Gasteiger partial charge >= 0.3 is 0 Å². The van der Waals surface area contributed by atoms with Crippen LogP contribution in [0.4, 0.5) is 0 Å². The molecule has 0 saturated heterocycles. The predicted molar refractivity (Wildman–Crippen MR) is 77.6 cm³/mol.